The summed E-state index contributed by atoms with van der Waals surface area (Å²) in [6.07, 6.45) is 0. The fourth-order valence-corrected chi connectivity index (χ4v) is 3.05. The average Bonchev–Trinajstić information content (AvgIpc) is 2.73. The predicted molar refractivity (Wildman–Crippen MR) is 111 cm³/mol. The van der Waals surface area contributed by atoms with E-state index < -0.39 is 5.92 Å². The topological polar surface area (TPSA) is 55.4 Å². The Labute approximate surface area is 169 Å². The van der Waals surface area contributed by atoms with Crippen molar-refractivity contribution >= 4 is 29.0 Å². The van der Waals surface area contributed by atoms with Gasteiger partial charge in [0.1, 0.15) is 5.75 Å². The monoisotopic (exact) mass is 393 g/mol. The van der Waals surface area contributed by atoms with E-state index in [-0.39, 0.29) is 11.7 Å². The van der Waals surface area contributed by atoms with Gasteiger partial charge >= 0.3 is 0 Å². The lowest BCUT2D eigenvalue weighted by Gasteiger charge is -2.15. The number of hydrogen-bond acceptors (Lipinski definition) is 3. The molecule has 3 aromatic rings. The highest BCUT2D eigenvalue weighted by Crippen LogP contribution is 2.29. The van der Waals surface area contributed by atoms with Crippen LogP contribution in [-0.4, -0.2) is 18.8 Å². The van der Waals surface area contributed by atoms with E-state index >= 15 is 0 Å². The van der Waals surface area contributed by atoms with Gasteiger partial charge in [-0.05, 0) is 36.8 Å². The zero-order valence-corrected chi connectivity index (χ0v) is 16.4. The quantitative estimate of drug-likeness (QED) is 0.576. The van der Waals surface area contributed by atoms with Crippen LogP contribution in [0, 0.1) is 0 Å². The number of benzene rings is 3. The van der Waals surface area contributed by atoms with Crippen LogP contribution in [0.1, 0.15) is 34.3 Å². The summed E-state index contributed by atoms with van der Waals surface area (Å²) in [5.41, 5.74) is 2.41. The van der Waals surface area contributed by atoms with Crippen molar-refractivity contribution in [1.29, 1.82) is 0 Å². The van der Waals surface area contributed by atoms with Crippen molar-refractivity contribution in [3.63, 3.8) is 0 Å². The van der Waals surface area contributed by atoms with E-state index in [9.17, 15) is 9.59 Å². The number of nitrogens with one attached hydrogen (secondary N) is 1. The minimum Gasteiger partial charge on any atom is -0.495 e. The van der Waals surface area contributed by atoms with Gasteiger partial charge in [0.2, 0.25) is 5.91 Å². The molecule has 0 unspecified atom stereocenters. The Balaban J connectivity index is 1.81. The lowest BCUT2D eigenvalue weighted by molar-refractivity contribution is -0.117. The minimum atomic E-state index is -0.466. The van der Waals surface area contributed by atoms with Crippen molar-refractivity contribution in [2.45, 2.75) is 12.8 Å². The van der Waals surface area contributed by atoms with Crippen LogP contribution in [0.2, 0.25) is 5.02 Å². The van der Waals surface area contributed by atoms with Gasteiger partial charge in [-0.2, -0.15) is 0 Å². The van der Waals surface area contributed by atoms with Crippen LogP contribution in [0.5, 0.6) is 5.75 Å². The number of carbonyl (C=O) groups excluding carboxylic acids is 2. The van der Waals surface area contributed by atoms with Crippen LogP contribution in [0.3, 0.4) is 0 Å². The minimum absolute atomic E-state index is 0.0773. The fourth-order valence-electron chi connectivity index (χ4n) is 2.88. The largest absolute Gasteiger partial charge is 0.495 e. The lowest BCUT2D eigenvalue weighted by Crippen LogP contribution is -2.19. The summed E-state index contributed by atoms with van der Waals surface area (Å²) in [5.74, 6) is -0.235. The van der Waals surface area contributed by atoms with Crippen LogP contribution < -0.4 is 10.1 Å². The molecule has 1 atom stereocenters. The molecule has 0 aliphatic heterocycles. The van der Waals surface area contributed by atoms with Gasteiger partial charge in [0.15, 0.2) is 5.78 Å². The van der Waals surface area contributed by atoms with Gasteiger partial charge < -0.3 is 10.1 Å². The average molecular weight is 394 g/mol. The second kappa shape index (κ2) is 8.72. The number of hydrogen-bond donors (Lipinski definition) is 1. The number of methoxy groups -OCH3 is 1. The van der Waals surface area contributed by atoms with Crippen molar-refractivity contribution in [2.75, 3.05) is 12.4 Å². The molecule has 142 valence electrons. The van der Waals surface area contributed by atoms with E-state index in [1.807, 2.05) is 24.3 Å². The van der Waals surface area contributed by atoms with Gasteiger partial charge in [-0.15, -0.1) is 0 Å². The smallest absolute Gasteiger partial charge is 0.231 e. The molecule has 0 saturated carbocycles. The van der Waals surface area contributed by atoms with Gasteiger partial charge in [0.05, 0.1) is 18.7 Å². The first-order chi connectivity index (χ1) is 13.5. The summed E-state index contributed by atoms with van der Waals surface area (Å²) in [5, 5.41) is 3.35. The summed E-state index contributed by atoms with van der Waals surface area (Å²) >= 11 is 6.02. The molecule has 0 radical (unpaired) electrons. The standard InChI is InChI=1S/C23H20ClNO3/c1-15(23(27)25-20-14-19(24)11-12-21(20)28-2)17-9-6-10-18(13-17)22(26)16-7-4-3-5-8-16/h3-15H,1-2H3,(H,25,27)/t15-/m0/s1. The number of ether oxygens (including phenoxy) is 1. The molecule has 0 heterocycles. The van der Waals surface area contributed by atoms with Crippen LogP contribution >= 0.6 is 11.6 Å². The Hall–Kier alpha value is -3.11. The van der Waals surface area contributed by atoms with Crippen molar-refractivity contribution in [2.24, 2.45) is 0 Å². The second-order valence-corrected chi connectivity index (χ2v) is 6.81. The Kier molecular flexibility index (Phi) is 6.12. The number of carbonyl (C=O) groups is 2. The Morgan fingerprint density at radius 2 is 1.64 bits per heavy atom. The molecular formula is C23H20ClNO3. The normalized spacial score (nSPS) is 11.5. The van der Waals surface area contributed by atoms with Gasteiger partial charge in [-0.1, -0.05) is 60.1 Å². The first kappa shape index (κ1) is 19.6. The Morgan fingerprint density at radius 3 is 2.36 bits per heavy atom. The van der Waals surface area contributed by atoms with Crippen molar-refractivity contribution in [1.82, 2.24) is 0 Å². The summed E-state index contributed by atoms with van der Waals surface area (Å²) in [7, 11) is 1.53. The molecule has 3 rings (SSSR count). The molecule has 0 aliphatic carbocycles. The first-order valence-corrected chi connectivity index (χ1v) is 9.21. The first-order valence-electron chi connectivity index (χ1n) is 8.83. The third-order valence-electron chi connectivity index (χ3n) is 4.50. The van der Waals surface area contributed by atoms with Gasteiger partial charge in [0.25, 0.3) is 0 Å². The summed E-state index contributed by atoms with van der Waals surface area (Å²) < 4.78 is 5.27. The number of rotatable bonds is 6. The summed E-state index contributed by atoms with van der Waals surface area (Å²) in [6.45, 7) is 1.79. The summed E-state index contributed by atoms with van der Waals surface area (Å²) in [4.78, 5) is 25.4. The van der Waals surface area contributed by atoms with Gasteiger partial charge in [-0.25, -0.2) is 0 Å². The number of anilines is 1. The molecule has 1 N–H and O–H groups in total. The molecule has 28 heavy (non-hydrogen) atoms. The third-order valence-corrected chi connectivity index (χ3v) is 4.73. The SMILES string of the molecule is COc1ccc(Cl)cc1NC(=O)[C@@H](C)c1cccc(C(=O)c2ccccc2)c1. The molecule has 0 spiro atoms. The van der Waals surface area contributed by atoms with E-state index in [1.165, 1.54) is 7.11 Å². The Morgan fingerprint density at radius 1 is 0.929 bits per heavy atom. The molecule has 5 heteroatoms. The summed E-state index contributed by atoms with van der Waals surface area (Å²) in [6, 6.07) is 21.2. The highest BCUT2D eigenvalue weighted by atomic mass is 35.5. The van der Waals surface area contributed by atoms with E-state index in [0.29, 0.717) is 27.6 Å². The number of ketones is 1. The highest BCUT2D eigenvalue weighted by Gasteiger charge is 2.19. The molecule has 4 nitrogen and oxygen atoms in total. The molecule has 0 fully saturated rings. The molecule has 0 aromatic heterocycles. The van der Waals surface area contributed by atoms with E-state index in [4.69, 9.17) is 16.3 Å². The van der Waals surface area contributed by atoms with Crippen LogP contribution in [-0.2, 0) is 4.79 Å². The molecule has 0 bridgehead atoms. The van der Waals surface area contributed by atoms with Crippen LogP contribution in [0.25, 0.3) is 0 Å². The van der Waals surface area contributed by atoms with Gasteiger partial charge in [-0.3, -0.25) is 9.59 Å². The van der Waals surface area contributed by atoms with Crippen molar-refractivity contribution in [3.8, 4) is 5.75 Å². The zero-order valence-electron chi connectivity index (χ0n) is 15.6. The van der Waals surface area contributed by atoms with Crippen LogP contribution in [0.4, 0.5) is 5.69 Å². The van der Waals surface area contributed by atoms with Gasteiger partial charge in [0, 0.05) is 16.1 Å². The zero-order chi connectivity index (χ0) is 20.1. The van der Waals surface area contributed by atoms with Crippen molar-refractivity contribution in [3.05, 3.63) is 94.5 Å². The molecule has 1 amide bonds. The molecule has 3 aromatic carbocycles. The second-order valence-electron chi connectivity index (χ2n) is 6.38. The predicted octanol–water partition coefficient (Wildman–Crippen LogP) is 5.32. The number of halogens is 1. The molecular weight excluding hydrogens is 374 g/mol. The molecule has 0 saturated heterocycles. The third kappa shape index (κ3) is 4.41. The Bertz CT molecular complexity index is 1000. The van der Waals surface area contributed by atoms with E-state index in [0.717, 1.165) is 5.56 Å². The van der Waals surface area contributed by atoms with E-state index in [1.54, 1.807) is 55.5 Å². The maximum atomic E-state index is 12.7. The maximum Gasteiger partial charge on any atom is 0.231 e. The van der Waals surface area contributed by atoms with Crippen LogP contribution in [0.15, 0.2) is 72.8 Å². The number of amides is 1. The molecule has 0 aliphatic rings. The maximum absolute atomic E-state index is 12.7. The fraction of sp³-hybridized carbons (Fsp3) is 0.130. The lowest BCUT2D eigenvalue weighted by atomic mass is 9.95. The highest BCUT2D eigenvalue weighted by molar-refractivity contribution is 6.31. The van der Waals surface area contributed by atoms with Crippen molar-refractivity contribution < 1.29 is 14.3 Å². The van der Waals surface area contributed by atoms with E-state index in [2.05, 4.69) is 5.32 Å².